The van der Waals surface area contributed by atoms with Crippen molar-refractivity contribution in [3.05, 3.63) is 11.7 Å². The van der Waals surface area contributed by atoms with Gasteiger partial charge in [0.25, 0.3) is 0 Å². The topological polar surface area (TPSA) is 64.9 Å². The van der Waals surface area contributed by atoms with Crippen molar-refractivity contribution in [2.45, 2.75) is 32.6 Å². The number of nitrogens with zero attached hydrogens (tertiary/aromatic N) is 2. The van der Waals surface area contributed by atoms with E-state index in [0.29, 0.717) is 12.4 Å². The van der Waals surface area contributed by atoms with Gasteiger partial charge < -0.3 is 10.3 Å². The molecule has 0 aliphatic rings. The minimum Gasteiger partial charge on any atom is -0.339 e. The Morgan fingerprint density at radius 2 is 2.33 bits per heavy atom. The lowest BCUT2D eigenvalue weighted by molar-refractivity contribution is 0.369. The Morgan fingerprint density at radius 3 is 2.92 bits per heavy atom. The maximum Gasteiger partial charge on any atom is 0.226 e. The standard InChI is InChI=1S/C8H15N3O/c1-3-4-7-10-8(11-12-7)6(2)5-9/h6H,3-5,9H2,1-2H3. The monoisotopic (exact) mass is 169 g/mol. The Labute approximate surface area is 72.1 Å². The average Bonchev–Trinajstić information content (AvgIpc) is 2.52. The van der Waals surface area contributed by atoms with E-state index in [2.05, 4.69) is 17.1 Å². The Bertz CT molecular complexity index is 234. The first kappa shape index (κ1) is 9.19. The molecule has 0 bridgehead atoms. The Morgan fingerprint density at radius 1 is 1.58 bits per heavy atom. The van der Waals surface area contributed by atoms with Crippen LogP contribution in [0, 0.1) is 0 Å². The lowest BCUT2D eigenvalue weighted by Gasteiger charge is -1.98. The predicted octanol–water partition coefficient (Wildman–Crippen LogP) is 1.08. The summed E-state index contributed by atoms with van der Waals surface area (Å²) in [6.45, 7) is 4.63. The zero-order chi connectivity index (χ0) is 8.97. The van der Waals surface area contributed by atoms with Gasteiger partial charge in [0.15, 0.2) is 5.82 Å². The highest BCUT2D eigenvalue weighted by molar-refractivity contribution is 4.93. The molecule has 2 N–H and O–H groups in total. The minimum atomic E-state index is 0.194. The summed E-state index contributed by atoms with van der Waals surface area (Å²) in [4.78, 5) is 4.21. The van der Waals surface area contributed by atoms with Crippen LogP contribution in [-0.4, -0.2) is 16.7 Å². The molecule has 1 atom stereocenters. The van der Waals surface area contributed by atoms with Crippen molar-refractivity contribution in [1.82, 2.24) is 10.1 Å². The summed E-state index contributed by atoms with van der Waals surface area (Å²) >= 11 is 0. The zero-order valence-corrected chi connectivity index (χ0v) is 7.58. The van der Waals surface area contributed by atoms with Crippen molar-refractivity contribution in [2.75, 3.05) is 6.54 Å². The van der Waals surface area contributed by atoms with Crippen LogP contribution in [0.2, 0.25) is 0 Å². The fourth-order valence-electron chi connectivity index (χ4n) is 0.889. The second kappa shape index (κ2) is 4.21. The van der Waals surface area contributed by atoms with Gasteiger partial charge in [0.1, 0.15) is 0 Å². The van der Waals surface area contributed by atoms with E-state index in [-0.39, 0.29) is 5.92 Å². The fraction of sp³-hybridized carbons (Fsp3) is 0.750. The van der Waals surface area contributed by atoms with Gasteiger partial charge in [0, 0.05) is 18.9 Å². The molecule has 0 fully saturated rings. The molecule has 1 aromatic heterocycles. The Hall–Kier alpha value is -0.900. The molecule has 1 rings (SSSR count). The molecule has 0 radical (unpaired) electrons. The third kappa shape index (κ3) is 2.04. The summed E-state index contributed by atoms with van der Waals surface area (Å²) in [5.41, 5.74) is 5.47. The van der Waals surface area contributed by atoms with Crippen LogP contribution in [0.15, 0.2) is 4.52 Å². The van der Waals surface area contributed by atoms with Crippen molar-refractivity contribution in [1.29, 1.82) is 0 Å². The molecular weight excluding hydrogens is 154 g/mol. The number of nitrogens with two attached hydrogens (primary N) is 1. The highest BCUT2D eigenvalue weighted by Crippen LogP contribution is 2.09. The van der Waals surface area contributed by atoms with Crippen LogP contribution in [0.1, 0.15) is 37.9 Å². The molecule has 0 aliphatic heterocycles. The molecule has 4 nitrogen and oxygen atoms in total. The predicted molar refractivity (Wildman–Crippen MR) is 45.8 cm³/mol. The highest BCUT2D eigenvalue weighted by Gasteiger charge is 2.10. The van der Waals surface area contributed by atoms with E-state index in [1.165, 1.54) is 0 Å². The molecule has 0 saturated heterocycles. The van der Waals surface area contributed by atoms with Gasteiger partial charge in [-0.15, -0.1) is 0 Å². The maximum atomic E-state index is 5.47. The van der Waals surface area contributed by atoms with Gasteiger partial charge in [-0.25, -0.2) is 0 Å². The van der Waals surface area contributed by atoms with Crippen LogP contribution in [0.5, 0.6) is 0 Å². The third-order valence-corrected chi connectivity index (χ3v) is 1.74. The van der Waals surface area contributed by atoms with Gasteiger partial charge in [-0.3, -0.25) is 0 Å². The number of aryl methyl sites for hydroxylation is 1. The van der Waals surface area contributed by atoms with Crippen molar-refractivity contribution < 1.29 is 4.52 Å². The molecule has 68 valence electrons. The molecular formula is C8H15N3O. The van der Waals surface area contributed by atoms with E-state index in [4.69, 9.17) is 10.3 Å². The molecule has 12 heavy (non-hydrogen) atoms. The zero-order valence-electron chi connectivity index (χ0n) is 7.58. The minimum absolute atomic E-state index is 0.194. The number of hydrogen-bond donors (Lipinski definition) is 1. The second-order valence-electron chi connectivity index (χ2n) is 2.93. The number of rotatable bonds is 4. The van der Waals surface area contributed by atoms with Crippen LogP contribution in [0.3, 0.4) is 0 Å². The van der Waals surface area contributed by atoms with E-state index in [9.17, 15) is 0 Å². The van der Waals surface area contributed by atoms with Crippen LogP contribution in [0.4, 0.5) is 0 Å². The van der Waals surface area contributed by atoms with E-state index in [1.807, 2.05) is 6.92 Å². The van der Waals surface area contributed by atoms with Gasteiger partial charge in [-0.05, 0) is 6.42 Å². The summed E-state index contributed by atoms with van der Waals surface area (Å²) in [5.74, 6) is 1.63. The first-order valence-corrected chi connectivity index (χ1v) is 4.30. The molecule has 1 aromatic rings. The molecule has 4 heteroatoms. The molecule has 0 spiro atoms. The van der Waals surface area contributed by atoms with Crippen LogP contribution in [-0.2, 0) is 6.42 Å². The normalized spacial score (nSPS) is 13.2. The summed E-state index contributed by atoms with van der Waals surface area (Å²) in [6, 6.07) is 0. The van der Waals surface area contributed by atoms with Crippen molar-refractivity contribution in [3.63, 3.8) is 0 Å². The lowest BCUT2D eigenvalue weighted by atomic mass is 10.2. The smallest absolute Gasteiger partial charge is 0.226 e. The molecule has 0 amide bonds. The van der Waals surface area contributed by atoms with Crippen LogP contribution in [0.25, 0.3) is 0 Å². The van der Waals surface area contributed by atoms with E-state index < -0.39 is 0 Å². The van der Waals surface area contributed by atoms with Crippen LogP contribution >= 0.6 is 0 Å². The third-order valence-electron chi connectivity index (χ3n) is 1.74. The molecule has 1 unspecified atom stereocenters. The average molecular weight is 169 g/mol. The van der Waals surface area contributed by atoms with Gasteiger partial charge >= 0.3 is 0 Å². The maximum absolute atomic E-state index is 5.47. The quantitative estimate of drug-likeness (QED) is 0.732. The fourth-order valence-corrected chi connectivity index (χ4v) is 0.889. The van der Waals surface area contributed by atoms with Gasteiger partial charge in [-0.1, -0.05) is 19.0 Å². The summed E-state index contributed by atoms with van der Waals surface area (Å²) in [6.07, 6.45) is 1.88. The SMILES string of the molecule is CCCc1nc(C(C)CN)no1. The Balaban J connectivity index is 2.63. The molecule has 0 saturated carbocycles. The summed E-state index contributed by atoms with van der Waals surface area (Å²) < 4.78 is 5.01. The molecule has 0 aliphatic carbocycles. The second-order valence-corrected chi connectivity index (χ2v) is 2.93. The van der Waals surface area contributed by atoms with Crippen molar-refractivity contribution in [3.8, 4) is 0 Å². The lowest BCUT2D eigenvalue weighted by Crippen LogP contribution is -2.10. The van der Waals surface area contributed by atoms with Crippen molar-refractivity contribution in [2.24, 2.45) is 5.73 Å². The molecule has 1 heterocycles. The summed E-state index contributed by atoms with van der Waals surface area (Å²) in [5, 5.41) is 3.84. The van der Waals surface area contributed by atoms with Gasteiger partial charge in [0.05, 0.1) is 0 Å². The Kier molecular flexibility index (Phi) is 3.22. The molecule has 0 aromatic carbocycles. The highest BCUT2D eigenvalue weighted by atomic mass is 16.5. The van der Waals surface area contributed by atoms with E-state index in [1.54, 1.807) is 0 Å². The van der Waals surface area contributed by atoms with Gasteiger partial charge in [-0.2, -0.15) is 4.98 Å². The van der Waals surface area contributed by atoms with Crippen LogP contribution < -0.4 is 5.73 Å². The first-order valence-electron chi connectivity index (χ1n) is 4.30. The largest absolute Gasteiger partial charge is 0.339 e. The first-order chi connectivity index (χ1) is 5.77. The van der Waals surface area contributed by atoms with E-state index in [0.717, 1.165) is 18.7 Å². The van der Waals surface area contributed by atoms with Crippen molar-refractivity contribution >= 4 is 0 Å². The van der Waals surface area contributed by atoms with E-state index >= 15 is 0 Å². The number of hydrogen-bond acceptors (Lipinski definition) is 4. The van der Waals surface area contributed by atoms with Gasteiger partial charge in [0.2, 0.25) is 5.89 Å². The number of aromatic nitrogens is 2. The summed E-state index contributed by atoms with van der Waals surface area (Å²) in [7, 11) is 0.